The Balaban J connectivity index is 2.75. The smallest absolute Gasteiger partial charge is 0.273 e. The van der Waals surface area contributed by atoms with Gasteiger partial charge in [-0.25, -0.2) is 0 Å². The molecule has 0 saturated heterocycles. The highest BCUT2D eigenvalue weighted by Crippen LogP contribution is 2.22. The number of unbranched alkanes of at least 4 members (excludes halogenated alkanes) is 1. The minimum atomic E-state index is -0.403. The lowest BCUT2D eigenvalue weighted by atomic mass is 10.2. The molecule has 0 aromatic heterocycles. The molecule has 0 spiro atoms. The van der Waals surface area contributed by atoms with Crippen LogP contribution < -0.4 is 4.74 Å². The summed E-state index contributed by atoms with van der Waals surface area (Å²) in [6, 6.07) is 4.80. The van der Waals surface area contributed by atoms with E-state index in [1.54, 1.807) is 0 Å². The Labute approximate surface area is 89.0 Å². The Hall–Kier alpha value is -1.58. The molecule has 0 N–H and O–H groups in total. The van der Waals surface area contributed by atoms with Crippen LogP contribution in [-0.4, -0.2) is 11.5 Å². The molecule has 0 aliphatic rings. The van der Waals surface area contributed by atoms with Crippen LogP contribution in [0.25, 0.3) is 0 Å². The van der Waals surface area contributed by atoms with Crippen molar-refractivity contribution in [3.05, 3.63) is 33.9 Å². The number of hydrogen-bond acceptors (Lipinski definition) is 3. The van der Waals surface area contributed by atoms with Crippen LogP contribution in [0.15, 0.2) is 18.2 Å². The fourth-order valence-corrected chi connectivity index (χ4v) is 1.25. The topological polar surface area (TPSA) is 52.4 Å². The number of nitro benzene ring substituents is 1. The first-order valence-electron chi connectivity index (χ1n) is 5.02. The molecule has 0 atom stereocenters. The van der Waals surface area contributed by atoms with E-state index in [1.807, 2.05) is 13.0 Å². The maximum Gasteiger partial charge on any atom is 0.273 e. The average molecular weight is 209 g/mol. The van der Waals surface area contributed by atoms with Crippen molar-refractivity contribution < 1.29 is 9.66 Å². The minimum absolute atomic E-state index is 0.0847. The number of non-ortho nitro benzene ring substituents is 1. The van der Waals surface area contributed by atoms with Gasteiger partial charge in [0.15, 0.2) is 0 Å². The molecule has 15 heavy (non-hydrogen) atoms. The van der Waals surface area contributed by atoms with Gasteiger partial charge in [-0.3, -0.25) is 10.1 Å². The molecule has 0 amide bonds. The zero-order valence-electron chi connectivity index (χ0n) is 9.03. The van der Waals surface area contributed by atoms with Crippen molar-refractivity contribution in [2.45, 2.75) is 26.7 Å². The standard InChI is InChI=1S/C11H15NO3/c1-3-4-5-15-11-7-9(2)6-10(8-11)12(13)14/h6-8H,3-5H2,1-2H3. The van der Waals surface area contributed by atoms with E-state index in [2.05, 4.69) is 6.92 Å². The van der Waals surface area contributed by atoms with Gasteiger partial charge in [-0.15, -0.1) is 0 Å². The fraction of sp³-hybridized carbons (Fsp3) is 0.455. The third-order valence-corrected chi connectivity index (χ3v) is 2.01. The molecule has 0 unspecified atom stereocenters. The number of aryl methyl sites for hydroxylation is 1. The van der Waals surface area contributed by atoms with Crippen molar-refractivity contribution in [3.8, 4) is 5.75 Å². The van der Waals surface area contributed by atoms with Crippen molar-refractivity contribution in [2.24, 2.45) is 0 Å². The van der Waals surface area contributed by atoms with Crippen LogP contribution in [0.2, 0.25) is 0 Å². The van der Waals surface area contributed by atoms with Crippen LogP contribution in [0, 0.1) is 17.0 Å². The number of hydrogen-bond donors (Lipinski definition) is 0. The molecule has 0 saturated carbocycles. The van der Waals surface area contributed by atoms with Crippen molar-refractivity contribution >= 4 is 5.69 Å². The van der Waals surface area contributed by atoms with Crippen LogP contribution in [0.1, 0.15) is 25.3 Å². The number of nitro groups is 1. The molecule has 0 heterocycles. The first-order chi connectivity index (χ1) is 7.13. The SMILES string of the molecule is CCCCOc1cc(C)cc([N+](=O)[O-])c1. The molecule has 4 heteroatoms. The summed E-state index contributed by atoms with van der Waals surface area (Å²) in [5.41, 5.74) is 0.928. The van der Waals surface area contributed by atoms with E-state index in [0.717, 1.165) is 18.4 Å². The summed E-state index contributed by atoms with van der Waals surface area (Å²) in [5, 5.41) is 10.6. The van der Waals surface area contributed by atoms with Crippen LogP contribution in [0.3, 0.4) is 0 Å². The lowest BCUT2D eigenvalue weighted by Gasteiger charge is -2.05. The predicted octanol–water partition coefficient (Wildman–Crippen LogP) is 3.08. The Morgan fingerprint density at radius 3 is 2.73 bits per heavy atom. The highest BCUT2D eigenvalue weighted by molar-refractivity contribution is 5.42. The lowest BCUT2D eigenvalue weighted by Crippen LogP contribution is -1.98. The van der Waals surface area contributed by atoms with Crippen LogP contribution in [0.4, 0.5) is 5.69 Å². The van der Waals surface area contributed by atoms with E-state index >= 15 is 0 Å². The van der Waals surface area contributed by atoms with Crippen molar-refractivity contribution in [3.63, 3.8) is 0 Å². The van der Waals surface area contributed by atoms with Gasteiger partial charge in [0.05, 0.1) is 17.6 Å². The average Bonchev–Trinajstić information content (AvgIpc) is 2.17. The summed E-state index contributed by atoms with van der Waals surface area (Å²) in [7, 11) is 0. The first kappa shape index (κ1) is 11.5. The molecule has 0 aliphatic carbocycles. The van der Waals surface area contributed by atoms with Crippen LogP contribution in [0.5, 0.6) is 5.75 Å². The van der Waals surface area contributed by atoms with Crippen LogP contribution in [-0.2, 0) is 0 Å². The highest BCUT2D eigenvalue weighted by atomic mass is 16.6. The Morgan fingerprint density at radius 1 is 1.40 bits per heavy atom. The molecule has 0 aliphatic heterocycles. The van der Waals surface area contributed by atoms with E-state index in [1.165, 1.54) is 12.1 Å². The van der Waals surface area contributed by atoms with Gasteiger partial charge in [0.25, 0.3) is 5.69 Å². The fourth-order valence-electron chi connectivity index (χ4n) is 1.25. The van der Waals surface area contributed by atoms with Crippen molar-refractivity contribution in [1.29, 1.82) is 0 Å². The summed E-state index contributed by atoms with van der Waals surface area (Å²) in [6.07, 6.45) is 2.01. The largest absolute Gasteiger partial charge is 0.493 e. The van der Waals surface area contributed by atoms with E-state index in [-0.39, 0.29) is 5.69 Å². The monoisotopic (exact) mass is 209 g/mol. The maximum atomic E-state index is 10.6. The summed E-state index contributed by atoms with van der Waals surface area (Å²) in [6.45, 7) is 4.50. The van der Waals surface area contributed by atoms with Gasteiger partial charge >= 0.3 is 0 Å². The highest BCUT2D eigenvalue weighted by Gasteiger charge is 2.08. The molecular weight excluding hydrogens is 194 g/mol. The summed E-state index contributed by atoms with van der Waals surface area (Å²) < 4.78 is 5.41. The Bertz CT molecular complexity index is 350. The molecule has 0 fully saturated rings. The van der Waals surface area contributed by atoms with Gasteiger partial charge in [-0.2, -0.15) is 0 Å². The number of ether oxygens (including phenoxy) is 1. The maximum absolute atomic E-state index is 10.6. The molecule has 1 aromatic rings. The number of benzene rings is 1. The summed E-state index contributed by atoms with van der Waals surface area (Å²) in [5.74, 6) is 0.579. The zero-order valence-corrected chi connectivity index (χ0v) is 9.03. The van der Waals surface area contributed by atoms with Crippen molar-refractivity contribution in [2.75, 3.05) is 6.61 Å². The van der Waals surface area contributed by atoms with Gasteiger partial charge in [-0.05, 0) is 25.0 Å². The van der Waals surface area contributed by atoms with Crippen molar-refractivity contribution in [1.82, 2.24) is 0 Å². The van der Waals surface area contributed by atoms with E-state index in [0.29, 0.717) is 12.4 Å². The van der Waals surface area contributed by atoms with E-state index in [9.17, 15) is 10.1 Å². The Morgan fingerprint density at radius 2 is 2.13 bits per heavy atom. The van der Waals surface area contributed by atoms with E-state index < -0.39 is 4.92 Å². The molecule has 1 rings (SSSR count). The predicted molar refractivity (Wildman–Crippen MR) is 58.2 cm³/mol. The van der Waals surface area contributed by atoms with Gasteiger partial charge < -0.3 is 4.74 Å². The molecule has 4 nitrogen and oxygen atoms in total. The molecule has 0 radical (unpaired) electrons. The third kappa shape index (κ3) is 3.58. The second kappa shape index (κ2) is 5.34. The molecule has 0 bridgehead atoms. The second-order valence-electron chi connectivity index (χ2n) is 3.46. The molecular formula is C11H15NO3. The lowest BCUT2D eigenvalue weighted by molar-refractivity contribution is -0.385. The third-order valence-electron chi connectivity index (χ3n) is 2.01. The van der Waals surface area contributed by atoms with Gasteiger partial charge in [0.2, 0.25) is 0 Å². The van der Waals surface area contributed by atoms with Gasteiger partial charge in [-0.1, -0.05) is 13.3 Å². The summed E-state index contributed by atoms with van der Waals surface area (Å²) >= 11 is 0. The summed E-state index contributed by atoms with van der Waals surface area (Å²) in [4.78, 5) is 10.2. The second-order valence-corrected chi connectivity index (χ2v) is 3.46. The molecule has 82 valence electrons. The van der Waals surface area contributed by atoms with Gasteiger partial charge in [0.1, 0.15) is 5.75 Å². The van der Waals surface area contributed by atoms with Crippen LogP contribution >= 0.6 is 0 Å². The van der Waals surface area contributed by atoms with E-state index in [4.69, 9.17) is 4.74 Å². The minimum Gasteiger partial charge on any atom is -0.493 e. The molecule has 1 aromatic carbocycles. The quantitative estimate of drug-likeness (QED) is 0.425. The first-order valence-corrected chi connectivity index (χ1v) is 5.02. The number of nitrogens with zero attached hydrogens (tertiary/aromatic N) is 1. The van der Waals surface area contributed by atoms with Gasteiger partial charge in [0, 0.05) is 6.07 Å². The Kier molecular flexibility index (Phi) is 4.09. The number of rotatable bonds is 5. The normalized spacial score (nSPS) is 10.0. The zero-order chi connectivity index (χ0) is 11.3.